The van der Waals surface area contributed by atoms with Gasteiger partial charge < -0.3 is 0 Å². The van der Waals surface area contributed by atoms with E-state index in [-0.39, 0.29) is 5.54 Å². The second kappa shape index (κ2) is 9.00. The molecule has 0 atom stereocenters. The Morgan fingerprint density at radius 3 is 2.26 bits per heavy atom. The Morgan fingerprint density at radius 2 is 1.70 bits per heavy atom. The summed E-state index contributed by atoms with van der Waals surface area (Å²) >= 11 is 0. The SMILES string of the molecule is CCCCC(CC=NC(C)(C)CC(C)(C)C)=Nc1ccccc1. The van der Waals surface area contributed by atoms with Crippen LogP contribution < -0.4 is 0 Å². The minimum absolute atomic E-state index is 0.0130. The molecule has 2 nitrogen and oxygen atoms in total. The lowest BCUT2D eigenvalue weighted by atomic mass is 9.82. The van der Waals surface area contributed by atoms with Gasteiger partial charge in [0.2, 0.25) is 0 Å². The van der Waals surface area contributed by atoms with Crippen LogP contribution >= 0.6 is 0 Å². The monoisotopic (exact) mass is 314 g/mol. The van der Waals surface area contributed by atoms with Crippen LogP contribution in [0.1, 0.15) is 73.6 Å². The molecule has 1 aromatic rings. The summed E-state index contributed by atoms with van der Waals surface area (Å²) in [6.07, 6.45) is 7.44. The highest BCUT2D eigenvalue weighted by Crippen LogP contribution is 2.29. The second-order valence-corrected chi connectivity index (χ2v) is 8.18. The minimum atomic E-state index is -0.0130. The molecule has 1 rings (SSSR count). The number of aliphatic imine (C=N–C) groups is 2. The minimum Gasteiger partial charge on any atom is -0.291 e. The molecule has 0 aliphatic carbocycles. The molecular weight excluding hydrogens is 280 g/mol. The van der Waals surface area contributed by atoms with Crippen molar-refractivity contribution in [3.8, 4) is 0 Å². The van der Waals surface area contributed by atoms with E-state index in [0.29, 0.717) is 5.41 Å². The molecule has 0 aliphatic rings. The van der Waals surface area contributed by atoms with Crippen molar-refractivity contribution in [1.82, 2.24) is 0 Å². The largest absolute Gasteiger partial charge is 0.291 e. The molecule has 0 unspecified atom stereocenters. The van der Waals surface area contributed by atoms with Crippen LogP contribution in [-0.4, -0.2) is 17.5 Å². The van der Waals surface area contributed by atoms with Gasteiger partial charge in [0.1, 0.15) is 0 Å². The summed E-state index contributed by atoms with van der Waals surface area (Å²) < 4.78 is 0. The van der Waals surface area contributed by atoms with Crippen LogP contribution in [0.25, 0.3) is 0 Å². The summed E-state index contributed by atoms with van der Waals surface area (Å²) in [5.41, 5.74) is 2.56. The molecule has 0 bridgehead atoms. The van der Waals surface area contributed by atoms with Crippen LogP contribution in [0.5, 0.6) is 0 Å². The molecule has 0 heterocycles. The number of hydrogen-bond donors (Lipinski definition) is 0. The predicted octanol–water partition coefficient (Wildman–Crippen LogP) is 6.63. The summed E-state index contributed by atoms with van der Waals surface area (Å²) in [4.78, 5) is 9.64. The Labute approximate surface area is 143 Å². The van der Waals surface area contributed by atoms with Crippen LogP contribution in [-0.2, 0) is 0 Å². The molecule has 1 aromatic carbocycles. The first-order valence-corrected chi connectivity index (χ1v) is 8.87. The third-order valence-corrected chi connectivity index (χ3v) is 3.59. The van der Waals surface area contributed by atoms with Gasteiger partial charge in [0, 0.05) is 18.3 Å². The Balaban J connectivity index is 2.74. The van der Waals surface area contributed by atoms with Crippen molar-refractivity contribution in [3.05, 3.63) is 30.3 Å². The molecule has 0 amide bonds. The van der Waals surface area contributed by atoms with Gasteiger partial charge >= 0.3 is 0 Å². The molecular formula is C21H34N2. The first kappa shape index (κ1) is 19.6. The summed E-state index contributed by atoms with van der Waals surface area (Å²) in [7, 11) is 0. The van der Waals surface area contributed by atoms with Crippen molar-refractivity contribution in [2.45, 2.75) is 79.2 Å². The average molecular weight is 315 g/mol. The fraction of sp³-hybridized carbons (Fsp3) is 0.619. The number of rotatable bonds is 8. The molecule has 0 saturated carbocycles. The fourth-order valence-corrected chi connectivity index (χ4v) is 3.01. The van der Waals surface area contributed by atoms with Crippen LogP contribution in [0.3, 0.4) is 0 Å². The maximum absolute atomic E-state index is 4.83. The average Bonchev–Trinajstić information content (AvgIpc) is 2.43. The summed E-state index contributed by atoms with van der Waals surface area (Å²) in [5, 5.41) is 0. The highest BCUT2D eigenvalue weighted by molar-refractivity contribution is 5.96. The van der Waals surface area contributed by atoms with Crippen molar-refractivity contribution < 1.29 is 0 Å². The first-order valence-electron chi connectivity index (χ1n) is 8.87. The molecule has 128 valence electrons. The van der Waals surface area contributed by atoms with Crippen molar-refractivity contribution in [3.63, 3.8) is 0 Å². The van der Waals surface area contributed by atoms with Gasteiger partial charge in [-0.2, -0.15) is 0 Å². The lowest BCUT2D eigenvalue weighted by Gasteiger charge is -2.29. The van der Waals surface area contributed by atoms with Crippen molar-refractivity contribution in [1.29, 1.82) is 0 Å². The predicted molar refractivity (Wildman–Crippen MR) is 104 cm³/mol. The number of nitrogens with zero attached hydrogens (tertiary/aromatic N) is 2. The van der Waals surface area contributed by atoms with Crippen LogP contribution in [0.15, 0.2) is 40.3 Å². The lowest BCUT2D eigenvalue weighted by Crippen LogP contribution is -2.25. The molecule has 0 aromatic heterocycles. The van der Waals surface area contributed by atoms with Gasteiger partial charge in [0.05, 0.1) is 11.2 Å². The van der Waals surface area contributed by atoms with Gasteiger partial charge in [-0.05, 0) is 50.7 Å². The normalized spacial score (nSPS) is 13.7. The van der Waals surface area contributed by atoms with Crippen LogP contribution in [0, 0.1) is 5.41 Å². The number of benzene rings is 1. The van der Waals surface area contributed by atoms with E-state index in [1.165, 1.54) is 18.6 Å². The topological polar surface area (TPSA) is 24.7 Å². The van der Waals surface area contributed by atoms with E-state index >= 15 is 0 Å². The number of para-hydroxylation sites is 1. The van der Waals surface area contributed by atoms with Gasteiger partial charge in [-0.15, -0.1) is 0 Å². The standard InChI is InChI=1S/C21H34N2/c1-7-8-12-19(23-18-13-10-9-11-14-18)15-16-22-21(5,6)17-20(2,3)4/h9-11,13-14,16H,7-8,12,15,17H2,1-6H3. The quantitative estimate of drug-likeness (QED) is 0.481. The van der Waals surface area contributed by atoms with E-state index in [2.05, 4.69) is 59.9 Å². The second-order valence-electron chi connectivity index (χ2n) is 8.18. The van der Waals surface area contributed by atoms with Crippen LogP contribution in [0.4, 0.5) is 5.69 Å². The van der Waals surface area contributed by atoms with Crippen molar-refractivity contribution >= 4 is 17.6 Å². The molecule has 23 heavy (non-hydrogen) atoms. The molecule has 0 radical (unpaired) electrons. The summed E-state index contributed by atoms with van der Waals surface area (Å²) in [6, 6.07) is 10.2. The number of unbranched alkanes of at least 4 members (excludes halogenated alkanes) is 1. The van der Waals surface area contributed by atoms with Crippen molar-refractivity contribution in [2.24, 2.45) is 15.4 Å². The van der Waals surface area contributed by atoms with Crippen molar-refractivity contribution in [2.75, 3.05) is 0 Å². The summed E-state index contributed by atoms with van der Waals surface area (Å²) in [6.45, 7) is 13.5. The fourth-order valence-electron chi connectivity index (χ4n) is 3.01. The summed E-state index contributed by atoms with van der Waals surface area (Å²) in [5.74, 6) is 0. The molecule has 0 spiro atoms. The molecule has 0 aliphatic heterocycles. The van der Waals surface area contributed by atoms with Gasteiger partial charge in [-0.1, -0.05) is 52.3 Å². The molecule has 0 fully saturated rings. The van der Waals surface area contributed by atoms with Gasteiger partial charge in [-0.3, -0.25) is 9.98 Å². The smallest absolute Gasteiger partial charge is 0.0629 e. The molecule has 0 N–H and O–H groups in total. The Bertz CT molecular complexity index is 504. The zero-order chi connectivity index (χ0) is 17.3. The third-order valence-electron chi connectivity index (χ3n) is 3.59. The van der Waals surface area contributed by atoms with Gasteiger partial charge in [-0.25, -0.2) is 0 Å². The van der Waals surface area contributed by atoms with Crippen LogP contribution in [0.2, 0.25) is 0 Å². The zero-order valence-corrected chi connectivity index (χ0v) is 15.9. The van der Waals surface area contributed by atoms with E-state index in [9.17, 15) is 0 Å². The Morgan fingerprint density at radius 1 is 1.04 bits per heavy atom. The van der Waals surface area contributed by atoms with Gasteiger partial charge in [0.15, 0.2) is 0 Å². The highest BCUT2D eigenvalue weighted by Gasteiger charge is 2.23. The maximum Gasteiger partial charge on any atom is 0.0629 e. The highest BCUT2D eigenvalue weighted by atomic mass is 14.8. The Hall–Kier alpha value is -1.44. The lowest BCUT2D eigenvalue weighted by molar-refractivity contribution is 0.289. The molecule has 2 heteroatoms. The van der Waals surface area contributed by atoms with E-state index in [1.807, 2.05) is 18.2 Å². The number of hydrogen-bond acceptors (Lipinski definition) is 2. The maximum atomic E-state index is 4.83. The Kier molecular flexibility index (Phi) is 7.67. The third kappa shape index (κ3) is 9.32. The van der Waals surface area contributed by atoms with E-state index in [1.54, 1.807) is 0 Å². The molecule has 0 saturated heterocycles. The van der Waals surface area contributed by atoms with E-state index in [0.717, 1.165) is 24.9 Å². The van der Waals surface area contributed by atoms with E-state index in [4.69, 9.17) is 9.98 Å². The van der Waals surface area contributed by atoms with E-state index < -0.39 is 0 Å². The zero-order valence-electron chi connectivity index (χ0n) is 15.9. The first-order chi connectivity index (χ1) is 10.7. The van der Waals surface area contributed by atoms with Gasteiger partial charge in [0.25, 0.3) is 0 Å².